The molecule has 2 aromatic heterocycles. The van der Waals surface area contributed by atoms with E-state index in [2.05, 4.69) is 9.98 Å². The highest BCUT2D eigenvalue weighted by atomic mass is 35.5. The van der Waals surface area contributed by atoms with Gasteiger partial charge in [0.2, 0.25) is 0 Å². The van der Waals surface area contributed by atoms with E-state index in [1.807, 2.05) is 41.8 Å². The Morgan fingerprint density at radius 2 is 2.15 bits per heavy atom. The van der Waals surface area contributed by atoms with E-state index in [4.69, 9.17) is 16.3 Å². The summed E-state index contributed by atoms with van der Waals surface area (Å²) in [6.45, 7) is 3.78. The van der Waals surface area contributed by atoms with Gasteiger partial charge in [0.15, 0.2) is 4.80 Å². The first-order valence-corrected chi connectivity index (χ1v) is 10.5. The van der Waals surface area contributed by atoms with E-state index in [9.17, 15) is 4.79 Å². The molecule has 2 aromatic carbocycles. The normalized spacial score (nSPS) is 12.3. The molecule has 0 spiro atoms. The number of carbonyl (C=O) groups is 1. The lowest BCUT2D eigenvalue weighted by Gasteiger charge is -2.05. The maximum Gasteiger partial charge on any atom is 0.279 e. The number of thiazole rings is 2. The minimum Gasteiger partial charge on any atom is -0.380 e. The van der Waals surface area contributed by atoms with Crippen LogP contribution in [0.25, 0.3) is 20.4 Å². The van der Waals surface area contributed by atoms with Gasteiger partial charge in [-0.15, -0.1) is 11.3 Å². The summed E-state index contributed by atoms with van der Waals surface area (Å²) < 4.78 is 9.46. The third kappa shape index (κ3) is 3.82. The number of nitrogens with zero attached hydrogens (tertiary/aromatic N) is 3. The summed E-state index contributed by atoms with van der Waals surface area (Å²) in [5.41, 5.74) is 4.21. The van der Waals surface area contributed by atoms with Crippen LogP contribution in [0.5, 0.6) is 0 Å². The van der Waals surface area contributed by atoms with E-state index in [1.54, 1.807) is 11.6 Å². The number of hydrogen-bond donors (Lipinski definition) is 0. The van der Waals surface area contributed by atoms with Crippen LogP contribution in [0, 0.1) is 0 Å². The highest BCUT2D eigenvalue weighted by Gasteiger charge is 2.11. The van der Waals surface area contributed by atoms with Gasteiger partial charge in [0, 0.05) is 23.7 Å². The molecule has 8 heteroatoms. The molecule has 5 nitrogen and oxygen atoms in total. The predicted octanol–water partition coefficient (Wildman–Crippen LogP) is 4.74. The Morgan fingerprint density at radius 3 is 3.00 bits per heavy atom. The fourth-order valence-electron chi connectivity index (χ4n) is 2.79. The fraction of sp³-hybridized carbons (Fsp3) is 0.211. The molecule has 0 aliphatic heterocycles. The first-order valence-electron chi connectivity index (χ1n) is 8.44. The molecule has 0 atom stereocenters. The summed E-state index contributed by atoms with van der Waals surface area (Å²) in [5.74, 6) is -0.270. The summed E-state index contributed by atoms with van der Waals surface area (Å²) in [5, 5.41) is 0.661. The molecule has 4 aromatic rings. The van der Waals surface area contributed by atoms with Gasteiger partial charge in [-0.1, -0.05) is 22.9 Å². The zero-order chi connectivity index (χ0) is 18.8. The van der Waals surface area contributed by atoms with Gasteiger partial charge < -0.3 is 9.30 Å². The molecule has 27 heavy (non-hydrogen) atoms. The molecule has 1 amide bonds. The molecule has 0 saturated carbocycles. The summed E-state index contributed by atoms with van der Waals surface area (Å²) in [4.78, 5) is 22.0. The molecule has 0 aliphatic carbocycles. The zero-order valence-electron chi connectivity index (χ0n) is 14.5. The van der Waals surface area contributed by atoms with Crippen molar-refractivity contribution in [1.82, 2.24) is 9.55 Å². The number of carbonyl (C=O) groups excluding carboxylic acids is 1. The third-order valence-corrected chi connectivity index (χ3v) is 6.15. The van der Waals surface area contributed by atoms with Crippen molar-refractivity contribution in [3.8, 4) is 0 Å². The van der Waals surface area contributed by atoms with Gasteiger partial charge in [0.1, 0.15) is 0 Å². The van der Waals surface area contributed by atoms with Gasteiger partial charge in [-0.25, -0.2) is 4.98 Å². The summed E-state index contributed by atoms with van der Waals surface area (Å²) in [7, 11) is 0. The first-order chi connectivity index (χ1) is 13.2. The number of amides is 1. The molecule has 0 unspecified atom stereocenters. The molecular weight excluding hydrogens is 402 g/mol. The lowest BCUT2D eigenvalue weighted by Crippen LogP contribution is -2.19. The lowest BCUT2D eigenvalue weighted by atomic mass is 10.2. The van der Waals surface area contributed by atoms with Crippen LogP contribution in [-0.4, -0.2) is 28.7 Å². The van der Waals surface area contributed by atoms with Crippen LogP contribution in [0.4, 0.5) is 0 Å². The second kappa shape index (κ2) is 7.90. The van der Waals surface area contributed by atoms with Gasteiger partial charge in [-0.3, -0.25) is 4.79 Å². The van der Waals surface area contributed by atoms with E-state index in [1.165, 1.54) is 22.7 Å². The molecule has 2 heterocycles. The lowest BCUT2D eigenvalue weighted by molar-refractivity contribution is 0.0997. The quantitative estimate of drug-likeness (QED) is 0.440. The van der Waals surface area contributed by atoms with Crippen molar-refractivity contribution in [2.45, 2.75) is 13.5 Å². The van der Waals surface area contributed by atoms with Crippen LogP contribution in [0.15, 0.2) is 46.9 Å². The van der Waals surface area contributed by atoms with E-state index in [0.717, 1.165) is 20.4 Å². The van der Waals surface area contributed by atoms with E-state index in [0.29, 0.717) is 35.1 Å². The molecular formula is C19H16ClN3O2S2. The molecule has 138 valence electrons. The SMILES string of the molecule is CCOCCn1c(=NC(=O)c2ccc3ncsc3c2)sc2cc(Cl)ccc21. The minimum atomic E-state index is -0.270. The Labute approximate surface area is 168 Å². The average molecular weight is 418 g/mol. The maximum absolute atomic E-state index is 12.8. The standard InChI is InChI=1S/C19H16ClN3O2S2/c1-2-25-8-7-23-15-6-4-13(20)10-17(15)27-19(23)22-18(24)12-3-5-14-16(9-12)26-11-21-14/h3-6,9-11H,2,7-8H2,1H3. The zero-order valence-corrected chi connectivity index (χ0v) is 16.9. The smallest absolute Gasteiger partial charge is 0.279 e. The van der Waals surface area contributed by atoms with Crippen molar-refractivity contribution in [2.75, 3.05) is 13.2 Å². The van der Waals surface area contributed by atoms with Crippen molar-refractivity contribution in [3.05, 3.63) is 57.3 Å². The molecule has 0 bridgehead atoms. The van der Waals surface area contributed by atoms with Crippen LogP contribution in [0.2, 0.25) is 5.02 Å². The summed E-state index contributed by atoms with van der Waals surface area (Å²) in [6.07, 6.45) is 0. The molecule has 0 fully saturated rings. The van der Waals surface area contributed by atoms with Crippen molar-refractivity contribution in [1.29, 1.82) is 0 Å². The van der Waals surface area contributed by atoms with Crippen LogP contribution >= 0.6 is 34.3 Å². The number of aromatic nitrogens is 2. The fourth-order valence-corrected chi connectivity index (χ4v) is 4.84. The van der Waals surface area contributed by atoms with Crippen molar-refractivity contribution < 1.29 is 9.53 Å². The number of ether oxygens (including phenoxy) is 1. The molecule has 4 rings (SSSR count). The van der Waals surface area contributed by atoms with Gasteiger partial charge in [-0.05, 0) is 43.3 Å². The van der Waals surface area contributed by atoms with Gasteiger partial charge in [0.25, 0.3) is 5.91 Å². The Hall–Kier alpha value is -2.06. The van der Waals surface area contributed by atoms with Crippen LogP contribution in [0.1, 0.15) is 17.3 Å². The van der Waals surface area contributed by atoms with E-state index in [-0.39, 0.29) is 5.91 Å². The highest BCUT2D eigenvalue weighted by molar-refractivity contribution is 7.17. The predicted molar refractivity (Wildman–Crippen MR) is 111 cm³/mol. The largest absolute Gasteiger partial charge is 0.380 e. The van der Waals surface area contributed by atoms with E-state index >= 15 is 0 Å². The summed E-state index contributed by atoms with van der Waals surface area (Å²) in [6, 6.07) is 11.1. The Kier molecular flexibility index (Phi) is 5.36. The maximum atomic E-state index is 12.8. The third-order valence-electron chi connectivity index (χ3n) is 4.08. The Balaban J connectivity index is 1.77. The van der Waals surface area contributed by atoms with Gasteiger partial charge in [0.05, 0.1) is 32.6 Å². The Bertz CT molecular complexity index is 1190. The highest BCUT2D eigenvalue weighted by Crippen LogP contribution is 2.23. The number of fused-ring (bicyclic) bond motifs is 2. The van der Waals surface area contributed by atoms with Crippen molar-refractivity contribution >= 4 is 60.6 Å². The van der Waals surface area contributed by atoms with E-state index < -0.39 is 0 Å². The van der Waals surface area contributed by atoms with Crippen molar-refractivity contribution in [2.24, 2.45) is 4.99 Å². The van der Waals surface area contributed by atoms with Gasteiger partial charge in [-0.2, -0.15) is 4.99 Å². The minimum absolute atomic E-state index is 0.270. The second-order valence-electron chi connectivity index (χ2n) is 5.80. The monoisotopic (exact) mass is 417 g/mol. The number of halogens is 1. The summed E-state index contributed by atoms with van der Waals surface area (Å²) >= 11 is 9.08. The molecule has 0 saturated heterocycles. The average Bonchev–Trinajstić information content (AvgIpc) is 3.25. The first kappa shape index (κ1) is 18.3. The molecule has 0 aliphatic rings. The van der Waals surface area contributed by atoms with Crippen molar-refractivity contribution in [3.63, 3.8) is 0 Å². The molecule has 0 radical (unpaired) electrons. The van der Waals surface area contributed by atoms with Crippen LogP contribution in [-0.2, 0) is 11.3 Å². The van der Waals surface area contributed by atoms with Crippen LogP contribution < -0.4 is 4.80 Å². The second-order valence-corrected chi connectivity index (χ2v) is 8.13. The topological polar surface area (TPSA) is 56.5 Å². The number of benzene rings is 2. The molecule has 0 N–H and O–H groups in total. The van der Waals surface area contributed by atoms with Crippen LogP contribution in [0.3, 0.4) is 0 Å². The number of rotatable bonds is 5. The number of hydrogen-bond acceptors (Lipinski definition) is 5. The Morgan fingerprint density at radius 1 is 1.26 bits per heavy atom. The van der Waals surface area contributed by atoms with Gasteiger partial charge >= 0.3 is 0 Å².